The lowest BCUT2D eigenvalue weighted by Crippen LogP contribution is -2.15. The fourth-order valence-corrected chi connectivity index (χ4v) is 0.444. The Morgan fingerprint density at radius 3 is 2.73 bits per heavy atom. The third-order valence-corrected chi connectivity index (χ3v) is 1.27. The summed E-state index contributed by atoms with van der Waals surface area (Å²) in [6.07, 6.45) is -0.637. The zero-order chi connectivity index (χ0) is 8.85. The van der Waals surface area contributed by atoms with Gasteiger partial charge < -0.3 is 9.84 Å². The molecule has 0 aromatic carbocycles. The highest BCUT2D eigenvalue weighted by molar-refractivity contribution is 6.27. The fourth-order valence-electron chi connectivity index (χ4n) is 0.355. The van der Waals surface area contributed by atoms with E-state index in [1.165, 1.54) is 13.8 Å². The van der Waals surface area contributed by atoms with E-state index in [1.54, 1.807) is 0 Å². The van der Waals surface area contributed by atoms with Crippen LogP contribution in [0.15, 0.2) is 11.1 Å². The van der Waals surface area contributed by atoms with Crippen LogP contribution < -0.4 is 0 Å². The second-order valence-corrected chi connectivity index (χ2v) is 2.46. The number of hydrogen-bond donors (Lipinski definition) is 1. The van der Waals surface area contributed by atoms with E-state index in [0.29, 0.717) is 5.57 Å². The molecular formula is C7H11ClO3. The van der Waals surface area contributed by atoms with E-state index in [1.807, 2.05) is 0 Å². The van der Waals surface area contributed by atoms with Gasteiger partial charge in [0, 0.05) is 11.1 Å². The van der Waals surface area contributed by atoms with Gasteiger partial charge in [-0.25, -0.2) is 4.79 Å². The SMILES string of the molecule is CC(=CCl)C(=O)OCC(C)O. The normalized spacial score (nSPS) is 14.4. The van der Waals surface area contributed by atoms with Gasteiger partial charge in [-0.05, 0) is 13.8 Å². The highest BCUT2D eigenvalue weighted by Crippen LogP contribution is 1.98. The van der Waals surface area contributed by atoms with E-state index in [0.717, 1.165) is 5.54 Å². The zero-order valence-electron chi connectivity index (χ0n) is 6.50. The van der Waals surface area contributed by atoms with Gasteiger partial charge in [0.05, 0.1) is 6.10 Å². The average molecular weight is 179 g/mol. The minimum absolute atomic E-state index is 0.000895. The first kappa shape index (κ1) is 10.5. The van der Waals surface area contributed by atoms with Crippen LogP contribution in [0.25, 0.3) is 0 Å². The van der Waals surface area contributed by atoms with Crippen molar-refractivity contribution in [3.05, 3.63) is 11.1 Å². The molecule has 1 N–H and O–H groups in total. The van der Waals surface area contributed by atoms with Gasteiger partial charge in [-0.15, -0.1) is 0 Å². The number of aliphatic hydroxyl groups is 1. The second kappa shape index (κ2) is 5.16. The van der Waals surface area contributed by atoms with Crippen molar-refractivity contribution in [2.24, 2.45) is 0 Å². The molecule has 3 nitrogen and oxygen atoms in total. The Balaban J connectivity index is 3.71. The van der Waals surface area contributed by atoms with Crippen LogP contribution in [0.2, 0.25) is 0 Å². The molecule has 0 bridgehead atoms. The van der Waals surface area contributed by atoms with E-state index >= 15 is 0 Å². The number of aliphatic hydroxyl groups excluding tert-OH is 1. The lowest BCUT2D eigenvalue weighted by atomic mass is 10.3. The lowest BCUT2D eigenvalue weighted by Gasteiger charge is -2.05. The summed E-state index contributed by atoms with van der Waals surface area (Å²) in [6, 6.07) is 0. The Bertz CT molecular complexity index is 163. The first-order valence-corrected chi connectivity index (χ1v) is 3.63. The standard InChI is InChI=1S/C7H11ClO3/c1-5(3-8)7(10)11-4-6(2)9/h3,6,9H,4H2,1-2H3. The van der Waals surface area contributed by atoms with Gasteiger partial charge in [-0.1, -0.05) is 11.6 Å². The molecule has 0 saturated carbocycles. The Morgan fingerprint density at radius 2 is 2.36 bits per heavy atom. The van der Waals surface area contributed by atoms with Crippen LogP contribution in [-0.4, -0.2) is 23.8 Å². The van der Waals surface area contributed by atoms with Crippen LogP contribution in [0.4, 0.5) is 0 Å². The summed E-state index contributed by atoms with van der Waals surface area (Å²) in [5.74, 6) is -0.499. The van der Waals surface area contributed by atoms with Crippen molar-refractivity contribution in [3.8, 4) is 0 Å². The monoisotopic (exact) mass is 178 g/mol. The molecule has 11 heavy (non-hydrogen) atoms. The van der Waals surface area contributed by atoms with Crippen molar-refractivity contribution in [2.75, 3.05) is 6.61 Å². The highest BCUT2D eigenvalue weighted by Gasteiger charge is 2.05. The van der Waals surface area contributed by atoms with Gasteiger partial charge in [0.2, 0.25) is 0 Å². The van der Waals surface area contributed by atoms with Crippen LogP contribution in [0.3, 0.4) is 0 Å². The smallest absolute Gasteiger partial charge is 0.334 e. The molecule has 0 aliphatic rings. The highest BCUT2D eigenvalue weighted by atomic mass is 35.5. The van der Waals surface area contributed by atoms with Gasteiger partial charge in [-0.2, -0.15) is 0 Å². The minimum atomic E-state index is -0.637. The quantitative estimate of drug-likeness (QED) is 0.519. The Hall–Kier alpha value is -0.540. The molecule has 0 saturated heterocycles. The number of carbonyl (C=O) groups excluding carboxylic acids is 1. The third-order valence-electron chi connectivity index (χ3n) is 0.941. The van der Waals surface area contributed by atoms with Crippen LogP contribution in [0, 0.1) is 0 Å². The summed E-state index contributed by atoms with van der Waals surface area (Å²) in [4.78, 5) is 10.8. The van der Waals surface area contributed by atoms with E-state index in [-0.39, 0.29) is 6.61 Å². The summed E-state index contributed by atoms with van der Waals surface area (Å²) in [5.41, 5.74) is 1.47. The summed E-state index contributed by atoms with van der Waals surface area (Å²) >= 11 is 5.24. The van der Waals surface area contributed by atoms with Crippen LogP contribution in [0.5, 0.6) is 0 Å². The predicted octanol–water partition coefficient (Wildman–Crippen LogP) is 1.05. The van der Waals surface area contributed by atoms with Gasteiger partial charge >= 0.3 is 5.97 Å². The largest absolute Gasteiger partial charge is 0.460 e. The van der Waals surface area contributed by atoms with Crippen LogP contribution in [-0.2, 0) is 9.53 Å². The van der Waals surface area contributed by atoms with Crippen LogP contribution >= 0.6 is 11.6 Å². The molecule has 0 heterocycles. The molecule has 0 aromatic rings. The average Bonchev–Trinajstić information content (AvgIpc) is 1.98. The Kier molecular flexibility index (Phi) is 4.90. The van der Waals surface area contributed by atoms with Crippen molar-refractivity contribution in [3.63, 3.8) is 0 Å². The summed E-state index contributed by atoms with van der Waals surface area (Å²) in [6.45, 7) is 3.07. The fraction of sp³-hybridized carbons (Fsp3) is 0.571. The number of rotatable bonds is 3. The summed E-state index contributed by atoms with van der Waals surface area (Å²) in [5, 5.41) is 8.73. The van der Waals surface area contributed by atoms with Gasteiger partial charge in [0.25, 0.3) is 0 Å². The van der Waals surface area contributed by atoms with E-state index in [4.69, 9.17) is 16.7 Å². The molecule has 0 aliphatic carbocycles. The number of hydrogen-bond acceptors (Lipinski definition) is 3. The summed E-state index contributed by atoms with van der Waals surface area (Å²) < 4.78 is 4.61. The van der Waals surface area contributed by atoms with Crippen molar-refractivity contribution < 1.29 is 14.6 Å². The number of halogens is 1. The topological polar surface area (TPSA) is 46.5 Å². The van der Waals surface area contributed by atoms with Crippen LogP contribution in [0.1, 0.15) is 13.8 Å². The van der Waals surface area contributed by atoms with Gasteiger partial charge in [0.15, 0.2) is 0 Å². The van der Waals surface area contributed by atoms with Crippen molar-refractivity contribution in [2.45, 2.75) is 20.0 Å². The second-order valence-electron chi connectivity index (χ2n) is 2.24. The zero-order valence-corrected chi connectivity index (χ0v) is 7.26. The molecule has 64 valence electrons. The summed E-state index contributed by atoms with van der Waals surface area (Å²) in [7, 11) is 0. The molecule has 0 fully saturated rings. The van der Waals surface area contributed by atoms with Crippen molar-refractivity contribution in [1.82, 2.24) is 0 Å². The maximum absolute atomic E-state index is 10.8. The number of ether oxygens (including phenoxy) is 1. The minimum Gasteiger partial charge on any atom is -0.460 e. The van der Waals surface area contributed by atoms with E-state index < -0.39 is 12.1 Å². The van der Waals surface area contributed by atoms with Gasteiger partial charge in [-0.3, -0.25) is 0 Å². The molecule has 1 atom stereocenters. The Morgan fingerprint density at radius 1 is 1.82 bits per heavy atom. The lowest BCUT2D eigenvalue weighted by molar-refractivity contribution is -0.141. The molecule has 4 heteroatoms. The van der Waals surface area contributed by atoms with E-state index in [9.17, 15) is 4.79 Å². The van der Waals surface area contributed by atoms with Gasteiger partial charge in [0.1, 0.15) is 6.61 Å². The maximum atomic E-state index is 10.8. The number of esters is 1. The molecule has 0 aliphatic heterocycles. The predicted molar refractivity (Wildman–Crippen MR) is 42.2 cm³/mol. The third kappa shape index (κ3) is 4.81. The van der Waals surface area contributed by atoms with Crippen molar-refractivity contribution >= 4 is 17.6 Å². The number of carbonyl (C=O) groups is 1. The first-order chi connectivity index (χ1) is 5.07. The van der Waals surface area contributed by atoms with E-state index in [2.05, 4.69) is 4.74 Å². The Labute approximate surface area is 70.6 Å². The van der Waals surface area contributed by atoms with Crippen molar-refractivity contribution in [1.29, 1.82) is 0 Å². The maximum Gasteiger partial charge on any atom is 0.334 e. The first-order valence-electron chi connectivity index (χ1n) is 3.20. The molecule has 0 rings (SSSR count). The molecule has 0 radical (unpaired) electrons. The molecular weight excluding hydrogens is 168 g/mol. The molecule has 1 unspecified atom stereocenters. The molecule has 0 spiro atoms. The molecule has 0 amide bonds. The molecule has 0 aromatic heterocycles.